The molecule has 0 bridgehead atoms. The molecule has 28 heavy (non-hydrogen) atoms. The Morgan fingerprint density at radius 3 is 2.29 bits per heavy atom. The molecule has 6 heteroatoms. The monoisotopic (exact) mass is 400 g/mol. The summed E-state index contributed by atoms with van der Waals surface area (Å²) in [5.41, 5.74) is 1.57. The maximum Gasteiger partial charge on any atom is 0.257 e. The summed E-state index contributed by atoms with van der Waals surface area (Å²) in [6, 6.07) is 14.7. The minimum atomic E-state index is -0.248. The van der Waals surface area contributed by atoms with Crippen LogP contribution in [0.2, 0.25) is 0 Å². The zero-order valence-electron chi connectivity index (χ0n) is 16.5. The zero-order chi connectivity index (χ0) is 20.2. The van der Waals surface area contributed by atoms with Crippen LogP contribution < -0.4 is 20.1 Å². The Morgan fingerprint density at radius 1 is 0.964 bits per heavy atom. The van der Waals surface area contributed by atoms with Gasteiger partial charge >= 0.3 is 0 Å². The van der Waals surface area contributed by atoms with Crippen molar-refractivity contribution in [2.75, 3.05) is 13.7 Å². The van der Waals surface area contributed by atoms with E-state index in [1.54, 1.807) is 19.2 Å². The SMILES string of the molecule is CCCCCCOc1ccc(C(=O)NC(=S)NCc2ccc(OC)cc2)cc1. The summed E-state index contributed by atoms with van der Waals surface area (Å²) in [6.45, 7) is 3.41. The Hall–Kier alpha value is -2.60. The van der Waals surface area contributed by atoms with Crippen LogP contribution in [0.1, 0.15) is 48.5 Å². The van der Waals surface area contributed by atoms with Gasteiger partial charge in [0.1, 0.15) is 11.5 Å². The largest absolute Gasteiger partial charge is 0.497 e. The van der Waals surface area contributed by atoms with Crippen molar-refractivity contribution in [2.45, 2.75) is 39.2 Å². The van der Waals surface area contributed by atoms with E-state index in [-0.39, 0.29) is 11.0 Å². The van der Waals surface area contributed by atoms with Crippen molar-refractivity contribution < 1.29 is 14.3 Å². The second-order valence-electron chi connectivity index (χ2n) is 6.42. The minimum Gasteiger partial charge on any atom is -0.497 e. The molecule has 0 unspecified atom stereocenters. The van der Waals surface area contributed by atoms with Gasteiger partial charge in [-0.1, -0.05) is 38.3 Å². The molecule has 150 valence electrons. The van der Waals surface area contributed by atoms with Crippen LogP contribution in [-0.2, 0) is 6.54 Å². The van der Waals surface area contributed by atoms with Crippen molar-refractivity contribution in [3.05, 3.63) is 59.7 Å². The highest BCUT2D eigenvalue weighted by Gasteiger charge is 2.08. The number of carbonyl (C=O) groups is 1. The molecule has 1 amide bonds. The number of methoxy groups -OCH3 is 1. The number of unbranched alkanes of at least 4 members (excludes halogenated alkanes) is 3. The van der Waals surface area contributed by atoms with Gasteiger partial charge in [-0.2, -0.15) is 0 Å². The number of hydrogen-bond acceptors (Lipinski definition) is 4. The normalized spacial score (nSPS) is 10.2. The highest BCUT2D eigenvalue weighted by molar-refractivity contribution is 7.80. The van der Waals surface area contributed by atoms with Gasteiger partial charge in [0.15, 0.2) is 5.11 Å². The molecule has 2 N–H and O–H groups in total. The number of rotatable bonds is 10. The van der Waals surface area contributed by atoms with Crippen LogP contribution in [0.4, 0.5) is 0 Å². The Labute approximate surface area is 172 Å². The molecule has 0 spiro atoms. The first kappa shape index (κ1) is 21.7. The van der Waals surface area contributed by atoms with Gasteiger partial charge in [0.2, 0.25) is 0 Å². The molecule has 0 atom stereocenters. The van der Waals surface area contributed by atoms with Crippen LogP contribution in [0.15, 0.2) is 48.5 Å². The third-order valence-electron chi connectivity index (χ3n) is 4.22. The molecular formula is C22H28N2O3S. The van der Waals surface area contributed by atoms with E-state index in [1.807, 2.05) is 36.4 Å². The lowest BCUT2D eigenvalue weighted by Gasteiger charge is -2.11. The molecule has 0 saturated carbocycles. The van der Waals surface area contributed by atoms with Crippen molar-refractivity contribution >= 4 is 23.2 Å². The van der Waals surface area contributed by atoms with Gasteiger partial charge in [-0.25, -0.2) is 0 Å². The van der Waals surface area contributed by atoms with Crippen LogP contribution in [0.3, 0.4) is 0 Å². The predicted molar refractivity (Wildman–Crippen MR) is 116 cm³/mol. The fraction of sp³-hybridized carbons (Fsp3) is 0.364. The van der Waals surface area contributed by atoms with Crippen molar-refractivity contribution in [1.29, 1.82) is 0 Å². The number of nitrogens with one attached hydrogen (secondary N) is 2. The van der Waals surface area contributed by atoms with E-state index in [0.29, 0.717) is 18.7 Å². The van der Waals surface area contributed by atoms with Crippen molar-refractivity contribution in [2.24, 2.45) is 0 Å². The Kier molecular flexibility index (Phi) is 9.28. The quantitative estimate of drug-likeness (QED) is 0.455. The summed E-state index contributed by atoms with van der Waals surface area (Å²) >= 11 is 5.20. The van der Waals surface area contributed by atoms with Crippen LogP contribution >= 0.6 is 12.2 Å². The number of thiocarbonyl (C=S) groups is 1. The third kappa shape index (κ3) is 7.56. The van der Waals surface area contributed by atoms with Crippen molar-refractivity contribution in [3.8, 4) is 11.5 Å². The molecule has 0 aliphatic rings. The molecule has 5 nitrogen and oxygen atoms in total. The average Bonchev–Trinajstić information content (AvgIpc) is 2.73. The summed E-state index contributed by atoms with van der Waals surface area (Å²) in [5.74, 6) is 1.32. The molecule has 2 aromatic carbocycles. The number of hydrogen-bond donors (Lipinski definition) is 2. The molecule has 2 aromatic rings. The first-order valence-corrected chi connectivity index (χ1v) is 9.98. The number of ether oxygens (including phenoxy) is 2. The predicted octanol–water partition coefficient (Wildman–Crippen LogP) is 4.46. The lowest BCUT2D eigenvalue weighted by molar-refractivity contribution is 0.0976. The van der Waals surface area contributed by atoms with Gasteiger partial charge in [0.05, 0.1) is 13.7 Å². The highest BCUT2D eigenvalue weighted by Crippen LogP contribution is 2.13. The van der Waals surface area contributed by atoms with Gasteiger partial charge in [0, 0.05) is 12.1 Å². The maximum absolute atomic E-state index is 12.3. The molecule has 0 aromatic heterocycles. The van der Waals surface area contributed by atoms with E-state index in [1.165, 1.54) is 19.3 Å². The summed E-state index contributed by atoms with van der Waals surface area (Å²) in [4.78, 5) is 12.3. The topological polar surface area (TPSA) is 59.6 Å². The summed E-state index contributed by atoms with van der Waals surface area (Å²) in [7, 11) is 1.63. The third-order valence-corrected chi connectivity index (χ3v) is 4.47. The van der Waals surface area contributed by atoms with Crippen LogP contribution in [-0.4, -0.2) is 24.7 Å². The average molecular weight is 401 g/mol. The number of carbonyl (C=O) groups excluding carboxylic acids is 1. The van der Waals surface area contributed by atoms with E-state index in [0.717, 1.165) is 23.5 Å². The maximum atomic E-state index is 12.3. The Balaban J connectivity index is 1.74. The van der Waals surface area contributed by atoms with Gasteiger partial charge in [0.25, 0.3) is 5.91 Å². The second kappa shape index (κ2) is 12.0. The van der Waals surface area contributed by atoms with Gasteiger partial charge in [-0.3, -0.25) is 10.1 Å². The lowest BCUT2D eigenvalue weighted by atomic mass is 10.2. The van der Waals surface area contributed by atoms with Gasteiger partial charge < -0.3 is 14.8 Å². The lowest BCUT2D eigenvalue weighted by Crippen LogP contribution is -2.38. The van der Waals surface area contributed by atoms with Crippen LogP contribution in [0.25, 0.3) is 0 Å². The number of amides is 1. The Bertz CT molecular complexity index is 745. The minimum absolute atomic E-state index is 0.248. The highest BCUT2D eigenvalue weighted by atomic mass is 32.1. The fourth-order valence-electron chi connectivity index (χ4n) is 2.57. The van der Waals surface area contributed by atoms with E-state index in [2.05, 4.69) is 17.6 Å². The smallest absolute Gasteiger partial charge is 0.257 e. The first-order valence-electron chi connectivity index (χ1n) is 9.57. The second-order valence-corrected chi connectivity index (χ2v) is 6.83. The van der Waals surface area contributed by atoms with Gasteiger partial charge in [-0.05, 0) is 60.6 Å². The number of benzene rings is 2. The molecule has 0 saturated heterocycles. The van der Waals surface area contributed by atoms with E-state index in [4.69, 9.17) is 21.7 Å². The van der Waals surface area contributed by atoms with Gasteiger partial charge in [-0.15, -0.1) is 0 Å². The van der Waals surface area contributed by atoms with Crippen LogP contribution in [0, 0.1) is 0 Å². The molecule has 0 radical (unpaired) electrons. The molecular weight excluding hydrogens is 372 g/mol. The Morgan fingerprint density at radius 2 is 1.64 bits per heavy atom. The molecule has 2 rings (SSSR count). The summed E-state index contributed by atoms with van der Waals surface area (Å²) in [6.07, 6.45) is 4.66. The van der Waals surface area contributed by atoms with E-state index >= 15 is 0 Å². The zero-order valence-corrected chi connectivity index (χ0v) is 17.3. The fourth-order valence-corrected chi connectivity index (χ4v) is 2.73. The van der Waals surface area contributed by atoms with Crippen molar-refractivity contribution in [3.63, 3.8) is 0 Å². The van der Waals surface area contributed by atoms with E-state index < -0.39 is 0 Å². The summed E-state index contributed by atoms with van der Waals surface area (Å²) < 4.78 is 10.8. The molecule has 0 aliphatic heterocycles. The first-order chi connectivity index (χ1) is 13.6. The standard InChI is InChI=1S/C22H28N2O3S/c1-3-4-5-6-15-27-20-13-9-18(10-14-20)21(25)24-22(28)23-16-17-7-11-19(26-2)12-8-17/h7-14H,3-6,15-16H2,1-2H3,(H2,23,24,25,28). The summed E-state index contributed by atoms with van der Waals surface area (Å²) in [5, 5.41) is 6.01. The molecule has 0 heterocycles. The molecule has 0 aliphatic carbocycles. The van der Waals surface area contributed by atoms with Crippen LogP contribution in [0.5, 0.6) is 11.5 Å². The van der Waals surface area contributed by atoms with E-state index in [9.17, 15) is 4.79 Å². The van der Waals surface area contributed by atoms with Crippen molar-refractivity contribution in [1.82, 2.24) is 10.6 Å². The molecule has 0 fully saturated rings.